The van der Waals surface area contributed by atoms with E-state index in [1.54, 1.807) is 29.3 Å². The molecular weight excluding hydrogens is 326 g/mol. The number of allylic oxidation sites excluding steroid dienone is 1. The van der Waals surface area contributed by atoms with E-state index in [0.717, 1.165) is 21.6 Å². The number of nitrogens with zero attached hydrogens (tertiary/aromatic N) is 1. The second kappa shape index (κ2) is 7.26. The van der Waals surface area contributed by atoms with Crippen LogP contribution in [0.1, 0.15) is 4.88 Å². The zero-order valence-electron chi connectivity index (χ0n) is 12.3. The maximum absolute atomic E-state index is 6.07. The van der Waals surface area contributed by atoms with Gasteiger partial charge in [0.05, 0.1) is 5.52 Å². The van der Waals surface area contributed by atoms with Gasteiger partial charge >= 0.3 is 0 Å². The molecular formula is C16H17N5S2. The number of anilines is 1. The van der Waals surface area contributed by atoms with Crippen molar-refractivity contribution in [2.45, 2.75) is 5.75 Å². The first kappa shape index (κ1) is 15.5. The lowest BCUT2D eigenvalue weighted by Gasteiger charge is -2.06. The first-order chi connectivity index (χ1) is 11.3. The zero-order chi connectivity index (χ0) is 16.1. The maximum Gasteiger partial charge on any atom is 0.161 e. The first-order valence-corrected chi connectivity index (χ1v) is 8.87. The van der Waals surface area contributed by atoms with Crippen LogP contribution in [0.5, 0.6) is 0 Å². The summed E-state index contributed by atoms with van der Waals surface area (Å²) in [6.45, 7) is 0. The highest BCUT2D eigenvalue weighted by Gasteiger charge is 2.05. The van der Waals surface area contributed by atoms with Crippen LogP contribution < -0.4 is 16.8 Å². The molecule has 0 aliphatic heterocycles. The molecule has 0 unspecified atom stereocenters. The van der Waals surface area contributed by atoms with Gasteiger partial charge in [0.2, 0.25) is 0 Å². The molecule has 0 spiro atoms. The van der Waals surface area contributed by atoms with Crippen LogP contribution >= 0.6 is 23.1 Å². The first-order valence-electron chi connectivity index (χ1n) is 7.00. The van der Waals surface area contributed by atoms with E-state index in [0.29, 0.717) is 11.6 Å². The van der Waals surface area contributed by atoms with Gasteiger partial charge in [-0.25, -0.2) is 0 Å². The minimum Gasteiger partial charge on any atom is -0.404 e. The third-order valence-corrected chi connectivity index (χ3v) is 5.26. The van der Waals surface area contributed by atoms with Crippen molar-refractivity contribution < 1.29 is 0 Å². The van der Waals surface area contributed by atoms with E-state index in [-0.39, 0.29) is 0 Å². The van der Waals surface area contributed by atoms with E-state index in [4.69, 9.17) is 11.5 Å². The Morgan fingerprint density at radius 2 is 2.17 bits per heavy atom. The number of H-pyrrole nitrogens is 1. The van der Waals surface area contributed by atoms with Gasteiger partial charge in [0.15, 0.2) is 5.82 Å². The van der Waals surface area contributed by atoms with E-state index < -0.39 is 0 Å². The Hall–Kier alpha value is -2.38. The Bertz CT molecular complexity index is 833. The van der Waals surface area contributed by atoms with Gasteiger partial charge in [-0.1, -0.05) is 18.2 Å². The number of nitrogens with one attached hydrogen (secondary N) is 2. The van der Waals surface area contributed by atoms with E-state index >= 15 is 0 Å². The van der Waals surface area contributed by atoms with E-state index in [9.17, 15) is 0 Å². The molecule has 0 saturated heterocycles. The largest absolute Gasteiger partial charge is 0.404 e. The fraction of sp³-hybridized carbons (Fsp3) is 0.0625. The van der Waals surface area contributed by atoms with Crippen molar-refractivity contribution in [1.82, 2.24) is 10.2 Å². The molecule has 0 atom stereocenters. The molecule has 0 saturated carbocycles. The Labute approximate surface area is 142 Å². The summed E-state index contributed by atoms with van der Waals surface area (Å²) >= 11 is 3.37. The third-order valence-electron chi connectivity index (χ3n) is 3.16. The van der Waals surface area contributed by atoms with Gasteiger partial charge < -0.3 is 16.8 Å². The van der Waals surface area contributed by atoms with Gasteiger partial charge in [-0.15, -0.1) is 23.1 Å². The summed E-state index contributed by atoms with van der Waals surface area (Å²) < 4.78 is 0. The van der Waals surface area contributed by atoms with Gasteiger partial charge in [-0.3, -0.25) is 5.10 Å². The fourth-order valence-corrected chi connectivity index (χ4v) is 3.72. The fourth-order valence-electron chi connectivity index (χ4n) is 2.07. The molecule has 0 aliphatic rings. The molecule has 2 aromatic heterocycles. The Kier molecular flexibility index (Phi) is 4.89. The number of thioether (sulfide) groups is 1. The molecule has 118 valence electrons. The Balaban J connectivity index is 1.68. The monoisotopic (exact) mass is 343 g/mol. The molecule has 3 rings (SSSR count). The van der Waals surface area contributed by atoms with Gasteiger partial charge in [0, 0.05) is 27.1 Å². The smallest absolute Gasteiger partial charge is 0.161 e. The number of thiophene rings is 1. The number of aromatic nitrogens is 2. The molecule has 7 heteroatoms. The molecule has 0 bridgehead atoms. The average Bonchev–Trinajstić information content (AvgIpc) is 3.22. The van der Waals surface area contributed by atoms with Crippen LogP contribution in [-0.2, 0) is 5.75 Å². The molecule has 6 N–H and O–H groups in total. The van der Waals surface area contributed by atoms with Gasteiger partial charge in [0.25, 0.3) is 0 Å². The normalized spacial score (nSPS) is 12.7. The Morgan fingerprint density at radius 1 is 1.30 bits per heavy atom. The highest BCUT2D eigenvalue weighted by Crippen LogP contribution is 2.25. The second-order valence-electron chi connectivity index (χ2n) is 4.78. The van der Waals surface area contributed by atoms with Crippen LogP contribution in [-0.4, -0.2) is 10.2 Å². The number of nitrogens with two attached hydrogens (primary N) is 2. The number of para-hydroxylation sites is 1. The van der Waals surface area contributed by atoms with Crippen molar-refractivity contribution >= 4 is 39.8 Å². The van der Waals surface area contributed by atoms with Crippen molar-refractivity contribution in [3.8, 4) is 0 Å². The van der Waals surface area contributed by atoms with Crippen LogP contribution in [0.15, 0.2) is 64.8 Å². The Morgan fingerprint density at radius 3 is 2.96 bits per heavy atom. The second-order valence-corrected chi connectivity index (χ2v) is 6.86. The molecule has 5 nitrogen and oxygen atoms in total. The summed E-state index contributed by atoms with van der Waals surface area (Å²) in [6, 6.07) is 12.0. The van der Waals surface area contributed by atoms with Crippen LogP contribution in [0.3, 0.4) is 0 Å². The average molecular weight is 343 g/mol. The van der Waals surface area contributed by atoms with Crippen molar-refractivity contribution in [3.05, 3.63) is 69.7 Å². The molecule has 0 fully saturated rings. The molecule has 0 amide bonds. The number of rotatable bonds is 6. The lowest BCUT2D eigenvalue weighted by atomic mass is 10.2. The molecule has 23 heavy (non-hydrogen) atoms. The van der Waals surface area contributed by atoms with Gasteiger partial charge in [-0.2, -0.15) is 5.10 Å². The van der Waals surface area contributed by atoms with Crippen LogP contribution in [0.25, 0.3) is 10.9 Å². The lowest BCUT2D eigenvalue weighted by Crippen LogP contribution is -2.10. The molecule has 1 aromatic carbocycles. The summed E-state index contributed by atoms with van der Waals surface area (Å²) in [4.78, 5) is 2.20. The minimum absolute atomic E-state index is 0.498. The predicted molar refractivity (Wildman–Crippen MR) is 99.9 cm³/mol. The maximum atomic E-state index is 6.07. The molecule has 3 aromatic rings. The van der Waals surface area contributed by atoms with Gasteiger partial charge in [0.1, 0.15) is 5.82 Å². The summed E-state index contributed by atoms with van der Waals surface area (Å²) in [7, 11) is 0. The zero-order valence-corrected chi connectivity index (χ0v) is 14.0. The number of fused-ring (bicyclic) bond motifs is 1. The summed E-state index contributed by atoms with van der Waals surface area (Å²) in [5, 5.41) is 13.4. The molecule has 0 radical (unpaired) electrons. The molecule has 0 aliphatic carbocycles. The number of benzene rings is 1. The molecule has 2 heterocycles. The number of hydrogen-bond donors (Lipinski definition) is 4. The highest BCUT2D eigenvalue weighted by molar-refractivity contribution is 8.02. The standard InChI is InChI=1S/C16H17N5S2/c17-9-12(23-10-11-4-3-7-22-11)8-15(18)19-16-13-5-1-2-6-14(13)20-21-16/h1-9H,10,17-18H2,(H2,19,20,21)/b12-9+,15-8+. The van der Waals surface area contributed by atoms with Crippen molar-refractivity contribution in [2.24, 2.45) is 11.5 Å². The lowest BCUT2D eigenvalue weighted by molar-refractivity contribution is 1.11. The van der Waals surface area contributed by atoms with Crippen molar-refractivity contribution in [2.75, 3.05) is 5.32 Å². The predicted octanol–water partition coefficient (Wildman–Crippen LogP) is 3.57. The van der Waals surface area contributed by atoms with Crippen molar-refractivity contribution in [3.63, 3.8) is 0 Å². The van der Waals surface area contributed by atoms with E-state index in [1.807, 2.05) is 36.4 Å². The van der Waals surface area contributed by atoms with E-state index in [1.165, 1.54) is 4.88 Å². The van der Waals surface area contributed by atoms with E-state index in [2.05, 4.69) is 27.0 Å². The van der Waals surface area contributed by atoms with Crippen LogP contribution in [0, 0.1) is 0 Å². The summed E-state index contributed by atoms with van der Waals surface area (Å²) in [5.74, 6) is 2.07. The third kappa shape index (κ3) is 3.88. The van der Waals surface area contributed by atoms with Crippen molar-refractivity contribution in [1.29, 1.82) is 0 Å². The van der Waals surface area contributed by atoms with Gasteiger partial charge in [-0.05, 0) is 29.7 Å². The highest BCUT2D eigenvalue weighted by atomic mass is 32.2. The quantitative estimate of drug-likeness (QED) is 0.514. The minimum atomic E-state index is 0.498. The number of aromatic amines is 1. The van der Waals surface area contributed by atoms with Crippen LogP contribution in [0.2, 0.25) is 0 Å². The summed E-state index contributed by atoms with van der Waals surface area (Å²) in [5.41, 5.74) is 12.7. The topological polar surface area (TPSA) is 92.8 Å². The SMILES string of the molecule is N/C=C(\C=C(/N)Nc1n[nH]c2ccccc12)SCc1cccs1. The number of hydrogen-bond acceptors (Lipinski definition) is 6. The summed E-state index contributed by atoms with van der Waals surface area (Å²) in [6.07, 6.45) is 3.39. The van der Waals surface area contributed by atoms with Crippen LogP contribution in [0.4, 0.5) is 5.82 Å².